The molecular weight excluding hydrogens is 889 g/mol. The lowest BCUT2D eigenvalue weighted by atomic mass is 9.82. The molecule has 1 aromatic heterocycles. The number of para-hydroxylation sites is 4. The van der Waals surface area contributed by atoms with E-state index in [-0.39, 0.29) is 5.41 Å². The molecule has 0 N–H and O–H groups in total. The lowest BCUT2D eigenvalue weighted by Crippen LogP contribution is -2.16. The van der Waals surface area contributed by atoms with Gasteiger partial charge in [0.05, 0.1) is 11.4 Å². The Morgan fingerprint density at radius 1 is 0.329 bits per heavy atom. The summed E-state index contributed by atoms with van der Waals surface area (Å²) in [6, 6.07) is 87.7. The molecule has 15 rings (SSSR count). The second-order valence-electron chi connectivity index (χ2n) is 20.0. The molecule has 0 saturated heterocycles. The normalized spacial score (nSPS) is 13.0. The maximum atomic E-state index is 7.00. The van der Waals surface area contributed by atoms with Crippen LogP contribution in [0.2, 0.25) is 0 Å². The van der Waals surface area contributed by atoms with E-state index in [1.807, 2.05) is 12.1 Å². The van der Waals surface area contributed by atoms with Gasteiger partial charge in [-0.25, -0.2) is 0 Å². The number of benzene rings is 12. The monoisotopic (exact) mass is 934 g/mol. The van der Waals surface area contributed by atoms with E-state index < -0.39 is 0 Å². The van der Waals surface area contributed by atoms with Gasteiger partial charge < -0.3 is 19.0 Å². The van der Waals surface area contributed by atoms with Crippen molar-refractivity contribution in [3.05, 3.63) is 254 Å². The van der Waals surface area contributed by atoms with Crippen molar-refractivity contribution < 1.29 is 9.15 Å². The van der Waals surface area contributed by atoms with Gasteiger partial charge in [-0.05, 0) is 157 Å². The van der Waals surface area contributed by atoms with E-state index in [9.17, 15) is 0 Å². The van der Waals surface area contributed by atoms with Crippen LogP contribution in [0.4, 0.5) is 34.1 Å². The molecule has 12 aromatic carbocycles. The first kappa shape index (κ1) is 41.4. The number of furan rings is 1. The molecule has 73 heavy (non-hydrogen) atoms. The van der Waals surface area contributed by atoms with E-state index in [4.69, 9.17) is 9.15 Å². The molecular formula is C69H46N2O2. The van der Waals surface area contributed by atoms with Gasteiger partial charge in [-0.1, -0.05) is 159 Å². The van der Waals surface area contributed by atoms with E-state index in [1.165, 1.54) is 60.3 Å². The highest BCUT2D eigenvalue weighted by atomic mass is 16.5. The summed E-state index contributed by atoms with van der Waals surface area (Å²) in [7, 11) is 0. The maximum Gasteiger partial charge on any atom is 0.159 e. The Kier molecular flexibility index (Phi) is 8.97. The second-order valence-corrected chi connectivity index (χ2v) is 20.0. The van der Waals surface area contributed by atoms with Gasteiger partial charge in [-0.3, -0.25) is 0 Å². The smallest absolute Gasteiger partial charge is 0.159 e. The number of anilines is 6. The van der Waals surface area contributed by atoms with Crippen LogP contribution in [0.5, 0.6) is 11.5 Å². The summed E-state index contributed by atoms with van der Waals surface area (Å²) in [5, 5.41) is 9.32. The Labute approximate surface area is 423 Å². The van der Waals surface area contributed by atoms with E-state index in [2.05, 4.69) is 254 Å². The van der Waals surface area contributed by atoms with Crippen LogP contribution in [0.1, 0.15) is 25.0 Å². The Morgan fingerprint density at radius 2 is 0.904 bits per heavy atom. The molecule has 0 bridgehead atoms. The van der Waals surface area contributed by atoms with Crippen LogP contribution < -0.4 is 14.5 Å². The first-order chi connectivity index (χ1) is 36.0. The van der Waals surface area contributed by atoms with Gasteiger partial charge in [0.25, 0.3) is 0 Å². The average Bonchev–Trinajstić information content (AvgIpc) is 3.94. The van der Waals surface area contributed by atoms with Crippen LogP contribution in [0.3, 0.4) is 0 Å². The van der Waals surface area contributed by atoms with Gasteiger partial charge in [0.15, 0.2) is 5.58 Å². The van der Waals surface area contributed by atoms with E-state index in [0.29, 0.717) is 0 Å². The van der Waals surface area contributed by atoms with Gasteiger partial charge in [0, 0.05) is 56.0 Å². The minimum atomic E-state index is -0.105. The molecule has 0 fully saturated rings. The van der Waals surface area contributed by atoms with E-state index in [0.717, 1.165) is 84.1 Å². The molecule has 0 saturated carbocycles. The molecule has 0 atom stereocenters. The fourth-order valence-corrected chi connectivity index (χ4v) is 12.2. The van der Waals surface area contributed by atoms with Crippen molar-refractivity contribution in [3.8, 4) is 44.9 Å². The Bertz CT molecular complexity index is 4380. The fraction of sp³-hybridized carbons (Fsp3) is 0.0435. The maximum absolute atomic E-state index is 7.00. The predicted molar refractivity (Wildman–Crippen MR) is 304 cm³/mol. The third-order valence-electron chi connectivity index (χ3n) is 15.6. The molecule has 0 unspecified atom stereocenters. The van der Waals surface area contributed by atoms with Crippen LogP contribution in [0.15, 0.2) is 247 Å². The minimum Gasteiger partial charge on any atom is -0.456 e. The highest BCUT2D eigenvalue weighted by Crippen LogP contribution is 2.54. The van der Waals surface area contributed by atoms with Crippen molar-refractivity contribution in [3.63, 3.8) is 0 Å². The molecule has 0 amide bonds. The number of hydrogen-bond acceptors (Lipinski definition) is 4. The minimum absolute atomic E-state index is 0.105. The zero-order valence-corrected chi connectivity index (χ0v) is 40.3. The summed E-state index contributed by atoms with van der Waals surface area (Å²) in [6.07, 6.45) is 0. The Balaban J connectivity index is 0.846. The summed E-state index contributed by atoms with van der Waals surface area (Å²) >= 11 is 0. The van der Waals surface area contributed by atoms with Crippen molar-refractivity contribution in [1.29, 1.82) is 0 Å². The lowest BCUT2D eigenvalue weighted by Gasteiger charge is -2.28. The molecule has 0 radical (unpaired) electrons. The average molecular weight is 935 g/mol. The van der Waals surface area contributed by atoms with E-state index >= 15 is 0 Å². The van der Waals surface area contributed by atoms with Crippen molar-refractivity contribution in [2.45, 2.75) is 19.3 Å². The highest BCUT2D eigenvalue weighted by Gasteiger charge is 2.36. The topological polar surface area (TPSA) is 28.9 Å². The zero-order valence-electron chi connectivity index (χ0n) is 40.3. The number of nitrogens with zero attached hydrogens (tertiary/aromatic N) is 2. The summed E-state index contributed by atoms with van der Waals surface area (Å²) in [5.41, 5.74) is 17.9. The van der Waals surface area contributed by atoms with E-state index in [1.54, 1.807) is 0 Å². The van der Waals surface area contributed by atoms with Crippen LogP contribution in [0.25, 0.3) is 87.6 Å². The predicted octanol–water partition coefficient (Wildman–Crippen LogP) is 19.7. The quantitative estimate of drug-likeness (QED) is 0.149. The van der Waals surface area contributed by atoms with Gasteiger partial charge in [0.1, 0.15) is 17.1 Å². The van der Waals surface area contributed by atoms with Crippen LogP contribution in [-0.4, -0.2) is 0 Å². The number of rotatable bonds is 7. The first-order valence-electron chi connectivity index (χ1n) is 25.2. The van der Waals surface area contributed by atoms with Crippen LogP contribution >= 0.6 is 0 Å². The third-order valence-corrected chi connectivity index (χ3v) is 15.6. The van der Waals surface area contributed by atoms with Gasteiger partial charge >= 0.3 is 0 Å². The molecule has 1 aliphatic heterocycles. The van der Waals surface area contributed by atoms with Crippen molar-refractivity contribution in [2.24, 2.45) is 0 Å². The number of hydrogen-bond donors (Lipinski definition) is 0. The molecule has 2 aliphatic rings. The van der Waals surface area contributed by atoms with Gasteiger partial charge in [-0.15, -0.1) is 0 Å². The first-order valence-corrected chi connectivity index (χ1v) is 25.2. The molecule has 344 valence electrons. The highest BCUT2D eigenvalue weighted by molar-refractivity contribution is 6.25. The Morgan fingerprint density at radius 3 is 1.71 bits per heavy atom. The van der Waals surface area contributed by atoms with Crippen molar-refractivity contribution >= 4 is 88.4 Å². The Hall–Kier alpha value is -9.38. The summed E-state index contributed by atoms with van der Waals surface area (Å²) in [6.45, 7) is 4.70. The number of ether oxygens (including phenoxy) is 1. The largest absolute Gasteiger partial charge is 0.456 e. The van der Waals surface area contributed by atoms with Crippen LogP contribution in [0, 0.1) is 0 Å². The molecule has 1 aliphatic carbocycles. The molecule has 2 heterocycles. The van der Waals surface area contributed by atoms with Crippen molar-refractivity contribution in [2.75, 3.05) is 9.80 Å². The molecule has 0 spiro atoms. The lowest BCUT2D eigenvalue weighted by molar-refractivity contribution is 0.487. The molecule has 13 aromatic rings. The standard InChI is InChI=1S/C69H46N2O2/c1-69(2)61-27-13-11-23-51(61)52-37-35-47(39-62(52)69)70(44-17-5-3-6-18-44)46-33-31-43(32-34-46)57-41-59-55-25-16-30-65-67(55)60(42-58(59)50-22-10-9-21-49(50)57)54-38-36-48(40-66(54)72-65)71(45-19-7-4-8-20-45)63-28-15-26-56-53-24-12-14-29-64(53)73-68(56)63/h3-42H,1-2H3. The SMILES string of the molecule is CC1(C)c2ccccc2-c2ccc(N(c3ccccc3)c3ccc(-c4cc5c6cccc7c6c(cc5c5ccccc45)-c4ccc(N(c5ccccc5)c5cccc6c5oc5ccccc56)cc4O7)cc3)cc21. The summed E-state index contributed by atoms with van der Waals surface area (Å²) in [5.74, 6) is 1.66. The number of fused-ring (bicyclic) bond motifs is 12. The third kappa shape index (κ3) is 6.27. The van der Waals surface area contributed by atoms with Crippen molar-refractivity contribution in [1.82, 2.24) is 0 Å². The van der Waals surface area contributed by atoms with Gasteiger partial charge in [0.2, 0.25) is 0 Å². The van der Waals surface area contributed by atoms with Gasteiger partial charge in [-0.2, -0.15) is 0 Å². The summed E-state index contributed by atoms with van der Waals surface area (Å²) in [4.78, 5) is 4.66. The molecule has 4 nitrogen and oxygen atoms in total. The van der Waals surface area contributed by atoms with Crippen LogP contribution in [-0.2, 0) is 5.41 Å². The summed E-state index contributed by atoms with van der Waals surface area (Å²) < 4.78 is 13.6. The zero-order chi connectivity index (χ0) is 48.4. The fourth-order valence-electron chi connectivity index (χ4n) is 12.2. The molecule has 4 heteroatoms. The second kappa shape index (κ2) is 15.8.